The van der Waals surface area contributed by atoms with Crippen molar-refractivity contribution in [2.45, 2.75) is 82.3 Å². The Kier molecular flexibility index (Phi) is 14.1. The molecule has 1 aliphatic carbocycles. The summed E-state index contributed by atoms with van der Waals surface area (Å²) < 4.78 is 25.8. The Balaban J connectivity index is 1.14. The maximum Gasteiger partial charge on any atom is 0.204 e. The molecule has 332 valence electrons. The van der Waals surface area contributed by atoms with Gasteiger partial charge in [-0.3, -0.25) is 4.79 Å². The number of rotatable bonds is 18. The van der Waals surface area contributed by atoms with E-state index in [-0.39, 0.29) is 66.7 Å². The van der Waals surface area contributed by atoms with Crippen LogP contribution in [0.15, 0.2) is 91.0 Å². The van der Waals surface area contributed by atoms with Crippen molar-refractivity contribution in [3.63, 3.8) is 0 Å². The van der Waals surface area contributed by atoms with E-state index >= 15 is 0 Å². The van der Waals surface area contributed by atoms with Crippen molar-refractivity contribution in [1.29, 1.82) is 0 Å². The van der Waals surface area contributed by atoms with Crippen molar-refractivity contribution in [3.05, 3.63) is 125 Å². The average molecular weight is 856 g/mol. The number of aliphatic hydroxyl groups excluding tert-OH is 2. The zero-order valence-electron chi connectivity index (χ0n) is 36.5. The van der Waals surface area contributed by atoms with Crippen molar-refractivity contribution >= 4 is 17.7 Å². The van der Waals surface area contributed by atoms with Gasteiger partial charge in [-0.25, -0.2) is 0 Å². The second-order valence-corrected chi connectivity index (χ2v) is 17.2. The van der Waals surface area contributed by atoms with Gasteiger partial charge in [-0.15, -0.1) is 0 Å². The SMILES string of the molecule is COc1c(OCCCO)c(CCc2cccc(-c3cc(C4(C)CCCC4)[nH]c3N3CCNCC3)c2)c2c(c1OCC[C@@H](O)/C=C/c1ccccc1)C(=O)CC(c1ccc(O)cc1)O2. The van der Waals surface area contributed by atoms with Crippen LogP contribution in [0.3, 0.4) is 0 Å². The van der Waals surface area contributed by atoms with Gasteiger partial charge in [0.1, 0.15) is 29.0 Å². The number of carbonyl (C=O) groups is 1. The van der Waals surface area contributed by atoms with Gasteiger partial charge in [0.05, 0.1) is 32.8 Å². The first-order valence-corrected chi connectivity index (χ1v) is 22.6. The number of aliphatic hydroxyl groups is 2. The summed E-state index contributed by atoms with van der Waals surface area (Å²) in [6.07, 6.45) is 8.72. The number of H-pyrrole nitrogens is 1. The predicted molar refractivity (Wildman–Crippen MR) is 247 cm³/mol. The summed E-state index contributed by atoms with van der Waals surface area (Å²) in [6.45, 7) is 6.35. The zero-order valence-corrected chi connectivity index (χ0v) is 36.5. The fourth-order valence-electron chi connectivity index (χ4n) is 9.24. The molecule has 1 unspecified atom stereocenters. The van der Waals surface area contributed by atoms with E-state index in [2.05, 4.69) is 52.5 Å². The first-order chi connectivity index (χ1) is 30.7. The van der Waals surface area contributed by atoms with Gasteiger partial charge < -0.3 is 49.5 Å². The van der Waals surface area contributed by atoms with Crippen LogP contribution in [0.2, 0.25) is 0 Å². The normalized spacial score (nSPS) is 17.7. The van der Waals surface area contributed by atoms with Gasteiger partial charge in [0.25, 0.3) is 0 Å². The van der Waals surface area contributed by atoms with E-state index in [0.717, 1.165) is 48.4 Å². The van der Waals surface area contributed by atoms with Crippen LogP contribution in [0.25, 0.3) is 17.2 Å². The number of aromatic nitrogens is 1. The third kappa shape index (κ3) is 10.1. The minimum absolute atomic E-state index is 0.0407. The number of hydrogen-bond donors (Lipinski definition) is 5. The highest BCUT2D eigenvalue weighted by Gasteiger charge is 2.38. The Labute approximate surface area is 370 Å². The summed E-state index contributed by atoms with van der Waals surface area (Å²) >= 11 is 0. The number of nitrogens with zero attached hydrogens (tertiary/aromatic N) is 1. The first kappa shape index (κ1) is 43.9. The second kappa shape index (κ2) is 20.2. The van der Waals surface area contributed by atoms with Crippen LogP contribution in [0.5, 0.6) is 28.7 Å². The minimum atomic E-state index is -0.801. The molecule has 2 fully saturated rings. The first-order valence-electron chi connectivity index (χ1n) is 22.6. The molecule has 0 amide bonds. The van der Waals surface area contributed by atoms with E-state index in [1.807, 2.05) is 36.4 Å². The molecule has 2 aliphatic heterocycles. The number of aryl methyl sites for hydroxylation is 1. The number of nitrogens with one attached hydrogen (secondary N) is 2. The molecule has 11 nitrogen and oxygen atoms in total. The molecule has 3 aliphatic rings. The number of piperazine rings is 1. The molecule has 0 spiro atoms. The summed E-state index contributed by atoms with van der Waals surface area (Å²) in [5, 5.41) is 34.2. The second-order valence-electron chi connectivity index (χ2n) is 17.2. The number of aromatic amines is 1. The van der Waals surface area contributed by atoms with Crippen LogP contribution in [0, 0.1) is 0 Å². The van der Waals surface area contributed by atoms with Crippen LogP contribution in [0.1, 0.15) is 96.3 Å². The molecule has 1 aromatic heterocycles. The van der Waals surface area contributed by atoms with E-state index in [9.17, 15) is 20.1 Å². The number of carbonyl (C=O) groups excluding carboxylic acids is 1. The number of anilines is 1. The lowest BCUT2D eigenvalue weighted by Gasteiger charge is -2.31. The van der Waals surface area contributed by atoms with Crippen molar-refractivity contribution < 1.29 is 39.1 Å². The highest BCUT2D eigenvalue weighted by atomic mass is 16.5. The molecule has 1 saturated heterocycles. The lowest BCUT2D eigenvalue weighted by molar-refractivity contribution is 0.0835. The molecule has 5 N–H and O–H groups in total. The van der Waals surface area contributed by atoms with Crippen LogP contribution < -0.4 is 29.2 Å². The van der Waals surface area contributed by atoms with E-state index in [4.69, 9.17) is 18.9 Å². The quantitative estimate of drug-likeness (QED) is 0.0543. The number of phenolic OH excluding ortho intramolecular Hbond substituents is 1. The van der Waals surface area contributed by atoms with Crippen molar-refractivity contribution in [2.75, 3.05) is 58.0 Å². The summed E-state index contributed by atoms with van der Waals surface area (Å²) in [7, 11) is 1.53. The Hall–Kier alpha value is -5.75. The van der Waals surface area contributed by atoms with Crippen molar-refractivity contribution in [1.82, 2.24) is 10.3 Å². The largest absolute Gasteiger partial charge is 0.508 e. The van der Waals surface area contributed by atoms with Gasteiger partial charge in [0.15, 0.2) is 17.3 Å². The fourth-order valence-corrected chi connectivity index (χ4v) is 9.24. The van der Waals surface area contributed by atoms with Crippen LogP contribution in [-0.2, 0) is 18.3 Å². The molecule has 1 saturated carbocycles. The third-order valence-corrected chi connectivity index (χ3v) is 12.8. The summed E-state index contributed by atoms with van der Waals surface area (Å²) in [5.74, 6) is 2.33. The molecule has 63 heavy (non-hydrogen) atoms. The Morgan fingerprint density at radius 3 is 2.43 bits per heavy atom. The number of methoxy groups -OCH3 is 1. The van der Waals surface area contributed by atoms with Gasteiger partial charge in [0.2, 0.25) is 5.75 Å². The number of fused-ring (bicyclic) bond motifs is 1. The average Bonchev–Trinajstić information content (AvgIpc) is 3.97. The number of Topliss-reactive ketones (excluding diaryl/α,β-unsaturated/α-hetero) is 1. The van der Waals surface area contributed by atoms with E-state index in [1.54, 1.807) is 30.3 Å². The van der Waals surface area contributed by atoms with Crippen molar-refractivity contribution in [2.24, 2.45) is 0 Å². The lowest BCUT2D eigenvalue weighted by Crippen LogP contribution is -2.43. The predicted octanol–water partition coefficient (Wildman–Crippen LogP) is 8.73. The van der Waals surface area contributed by atoms with Crippen LogP contribution in [0.4, 0.5) is 5.82 Å². The number of ketones is 1. The monoisotopic (exact) mass is 855 g/mol. The molecule has 2 atom stereocenters. The molecule has 11 heteroatoms. The standard InChI is InChI=1S/C52H61N3O8/c1-52(23-6-7-24-52)45-33-42(51(54-45)55-27-25-53-26-28-55)38-13-8-12-36(32-38)15-21-41-47-46(43(59)34-44(63-47)37-16-19-39(57)20-17-37)49(50(60-2)48(41)61-30-9-29-56)62-31-22-40(58)18-14-35-10-4-3-5-11-35/h3-5,8,10-14,16-20,32-33,40,44,53-54,56-58H,6-7,9,15,21-31,34H2,1-2H3/b18-14+/t40-,44?/m0/s1. The maximum atomic E-state index is 14.5. The summed E-state index contributed by atoms with van der Waals surface area (Å²) in [6, 6.07) is 27.6. The smallest absolute Gasteiger partial charge is 0.204 e. The fraction of sp³-hybridized carbons (Fsp3) is 0.404. The van der Waals surface area contributed by atoms with Gasteiger partial charge in [-0.05, 0) is 66.1 Å². The molecule has 8 rings (SSSR count). The van der Waals surface area contributed by atoms with Gasteiger partial charge >= 0.3 is 0 Å². The Bertz CT molecular complexity index is 2350. The van der Waals surface area contributed by atoms with Crippen molar-refractivity contribution in [3.8, 4) is 39.9 Å². The maximum absolute atomic E-state index is 14.5. The molecule has 4 aromatic carbocycles. The van der Waals surface area contributed by atoms with Gasteiger partial charge in [0, 0.05) is 67.9 Å². The highest BCUT2D eigenvalue weighted by molar-refractivity contribution is 6.04. The molecule has 5 aromatic rings. The van der Waals surface area contributed by atoms with E-state index in [0.29, 0.717) is 36.3 Å². The summed E-state index contributed by atoms with van der Waals surface area (Å²) in [4.78, 5) is 20.8. The number of aromatic hydroxyl groups is 1. The topological polar surface area (TPSA) is 146 Å². The lowest BCUT2D eigenvalue weighted by atomic mass is 9.85. The van der Waals surface area contributed by atoms with E-state index < -0.39 is 12.2 Å². The highest BCUT2D eigenvalue weighted by Crippen LogP contribution is 2.53. The van der Waals surface area contributed by atoms with E-state index in [1.165, 1.54) is 49.9 Å². The minimum Gasteiger partial charge on any atom is -0.508 e. The zero-order chi connectivity index (χ0) is 43.8. The molecular formula is C52H61N3O8. The number of hydrogen-bond acceptors (Lipinski definition) is 10. The molecule has 3 heterocycles. The summed E-state index contributed by atoms with van der Waals surface area (Å²) in [5.41, 5.74) is 7.56. The Morgan fingerprint density at radius 1 is 0.921 bits per heavy atom. The Morgan fingerprint density at radius 2 is 1.68 bits per heavy atom. The number of phenols is 1. The van der Waals surface area contributed by atoms with Gasteiger partial charge in [-0.1, -0.05) is 98.6 Å². The van der Waals surface area contributed by atoms with Crippen LogP contribution >= 0.6 is 0 Å². The number of benzene rings is 4. The number of ether oxygens (including phenoxy) is 4. The van der Waals surface area contributed by atoms with Gasteiger partial charge in [-0.2, -0.15) is 0 Å². The molecule has 0 bridgehead atoms. The molecule has 0 radical (unpaired) electrons. The van der Waals surface area contributed by atoms with Crippen LogP contribution in [-0.4, -0.2) is 85.3 Å². The molecular weight excluding hydrogens is 795 g/mol. The third-order valence-electron chi connectivity index (χ3n) is 12.8.